The Morgan fingerprint density at radius 1 is 1.38 bits per heavy atom. The molecule has 1 aromatic carbocycles. The number of rotatable bonds is 5. The number of carbonyl (C=O) groups excluding carboxylic acids is 1. The summed E-state index contributed by atoms with van der Waals surface area (Å²) in [5.41, 5.74) is 7.01. The fourth-order valence-corrected chi connectivity index (χ4v) is 2.48. The van der Waals surface area contributed by atoms with Gasteiger partial charge in [-0.15, -0.1) is 0 Å². The molecule has 3 N–H and O–H groups in total. The van der Waals surface area contributed by atoms with Crippen molar-refractivity contribution in [2.24, 2.45) is 0 Å². The molecular weight excluding hydrogens is 270 g/mol. The highest BCUT2D eigenvalue weighted by Crippen LogP contribution is 2.24. The molecule has 1 saturated heterocycles. The summed E-state index contributed by atoms with van der Waals surface area (Å²) in [6, 6.07) is 5.22. The summed E-state index contributed by atoms with van der Waals surface area (Å²) in [6.07, 6.45) is 2.25. The van der Waals surface area contributed by atoms with Crippen LogP contribution < -0.4 is 15.8 Å². The molecule has 2 rings (SSSR count). The number of anilines is 2. The fraction of sp³-hybridized carbons (Fsp3) is 0.533. The fourth-order valence-electron chi connectivity index (χ4n) is 2.48. The van der Waals surface area contributed by atoms with Gasteiger partial charge in [-0.1, -0.05) is 0 Å². The highest BCUT2D eigenvalue weighted by Gasteiger charge is 2.20. The van der Waals surface area contributed by atoms with Crippen LogP contribution >= 0.6 is 0 Å². The number of nitrogen functional groups attached to an aromatic ring is 1. The molecule has 1 heterocycles. The van der Waals surface area contributed by atoms with Crippen molar-refractivity contribution in [1.82, 2.24) is 4.90 Å². The van der Waals surface area contributed by atoms with E-state index in [4.69, 9.17) is 15.2 Å². The Labute approximate surface area is 125 Å². The molecule has 1 aromatic rings. The van der Waals surface area contributed by atoms with E-state index in [0.29, 0.717) is 29.8 Å². The second-order valence-corrected chi connectivity index (χ2v) is 5.21. The van der Waals surface area contributed by atoms with E-state index < -0.39 is 0 Å². The van der Waals surface area contributed by atoms with Crippen molar-refractivity contribution in [3.63, 3.8) is 0 Å². The van der Waals surface area contributed by atoms with Crippen molar-refractivity contribution >= 4 is 17.3 Å². The van der Waals surface area contributed by atoms with Gasteiger partial charge in [0.05, 0.1) is 31.1 Å². The molecule has 0 unspecified atom stereocenters. The van der Waals surface area contributed by atoms with E-state index in [1.54, 1.807) is 32.4 Å². The minimum Gasteiger partial charge on any atom is -0.497 e. The topological polar surface area (TPSA) is 76.8 Å². The molecule has 1 aliphatic rings. The number of likely N-dealkylation sites (tertiary alicyclic amines) is 1. The van der Waals surface area contributed by atoms with Crippen LogP contribution in [-0.4, -0.2) is 50.8 Å². The van der Waals surface area contributed by atoms with Crippen molar-refractivity contribution in [2.75, 3.05) is 44.9 Å². The van der Waals surface area contributed by atoms with Crippen molar-refractivity contribution < 1.29 is 14.3 Å². The number of benzene rings is 1. The standard InChI is InChI=1S/C15H23N3O3/c1-20-11-5-7-18(8-6-11)10-15(19)17-14-4-3-12(21-2)9-13(14)16/h3-4,9,11H,5-8,10,16H2,1-2H3,(H,17,19). The Morgan fingerprint density at radius 3 is 2.67 bits per heavy atom. The number of carbonyl (C=O) groups is 1. The lowest BCUT2D eigenvalue weighted by molar-refractivity contribution is -0.117. The summed E-state index contributed by atoms with van der Waals surface area (Å²) in [7, 11) is 3.32. The van der Waals surface area contributed by atoms with Crippen LogP contribution in [0.25, 0.3) is 0 Å². The van der Waals surface area contributed by atoms with Crippen LogP contribution in [0.15, 0.2) is 18.2 Å². The average molecular weight is 293 g/mol. The lowest BCUT2D eigenvalue weighted by atomic mass is 10.1. The quantitative estimate of drug-likeness (QED) is 0.801. The summed E-state index contributed by atoms with van der Waals surface area (Å²) in [5, 5.41) is 2.84. The zero-order valence-electron chi connectivity index (χ0n) is 12.6. The number of piperidine rings is 1. The zero-order chi connectivity index (χ0) is 15.2. The summed E-state index contributed by atoms with van der Waals surface area (Å²) in [6.45, 7) is 2.13. The van der Waals surface area contributed by atoms with E-state index >= 15 is 0 Å². The van der Waals surface area contributed by atoms with Gasteiger partial charge in [0.25, 0.3) is 0 Å². The van der Waals surface area contributed by atoms with Gasteiger partial charge in [0.15, 0.2) is 0 Å². The van der Waals surface area contributed by atoms with Gasteiger partial charge >= 0.3 is 0 Å². The summed E-state index contributed by atoms with van der Waals surface area (Å²) < 4.78 is 10.4. The van der Waals surface area contributed by atoms with E-state index in [9.17, 15) is 4.79 Å². The van der Waals surface area contributed by atoms with Crippen LogP contribution in [-0.2, 0) is 9.53 Å². The molecule has 21 heavy (non-hydrogen) atoms. The first kappa shape index (κ1) is 15.6. The van der Waals surface area contributed by atoms with Crippen molar-refractivity contribution in [3.05, 3.63) is 18.2 Å². The van der Waals surface area contributed by atoms with Crippen LogP contribution in [0, 0.1) is 0 Å². The number of hydrogen-bond donors (Lipinski definition) is 2. The second-order valence-electron chi connectivity index (χ2n) is 5.21. The Bertz CT molecular complexity index is 485. The number of nitrogens with two attached hydrogens (primary N) is 1. The number of methoxy groups -OCH3 is 2. The maximum Gasteiger partial charge on any atom is 0.238 e. The highest BCUT2D eigenvalue weighted by atomic mass is 16.5. The van der Waals surface area contributed by atoms with Gasteiger partial charge in [-0.2, -0.15) is 0 Å². The van der Waals surface area contributed by atoms with Crippen molar-refractivity contribution in [3.8, 4) is 5.75 Å². The van der Waals surface area contributed by atoms with Crippen LogP contribution in [0.4, 0.5) is 11.4 Å². The largest absolute Gasteiger partial charge is 0.497 e. The number of hydrogen-bond acceptors (Lipinski definition) is 5. The maximum absolute atomic E-state index is 12.1. The maximum atomic E-state index is 12.1. The molecule has 0 spiro atoms. The molecule has 0 bridgehead atoms. The molecule has 6 heteroatoms. The van der Waals surface area contributed by atoms with Gasteiger partial charge in [0.2, 0.25) is 5.91 Å². The van der Waals surface area contributed by atoms with Gasteiger partial charge in [0.1, 0.15) is 5.75 Å². The number of nitrogens with zero attached hydrogens (tertiary/aromatic N) is 1. The second kappa shape index (κ2) is 7.28. The Balaban J connectivity index is 1.85. The average Bonchev–Trinajstić information content (AvgIpc) is 2.50. The van der Waals surface area contributed by atoms with E-state index in [2.05, 4.69) is 10.2 Å². The molecular formula is C15H23N3O3. The predicted octanol–water partition coefficient (Wildman–Crippen LogP) is 1.33. The summed E-state index contributed by atoms with van der Waals surface area (Å²) in [5.74, 6) is 0.620. The molecule has 0 radical (unpaired) electrons. The Hall–Kier alpha value is -1.79. The van der Waals surface area contributed by atoms with E-state index in [0.717, 1.165) is 25.9 Å². The smallest absolute Gasteiger partial charge is 0.238 e. The van der Waals surface area contributed by atoms with Crippen molar-refractivity contribution in [1.29, 1.82) is 0 Å². The first-order chi connectivity index (χ1) is 10.1. The lowest BCUT2D eigenvalue weighted by Crippen LogP contribution is -2.41. The summed E-state index contributed by atoms with van der Waals surface area (Å²) >= 11 is 0. The van der Waals surface area contributed by atoms with Crippen LogP contribution in [0.3, 0.4) is 0 Å². The minimum absolute atomic E-state index is 0.0530. The monoisotopic (exact) mass is 293 g/mol. The molecule has 0 aliphatic carbocycles. The number of nitrogens with one attached hydrogen (secondary N) is 1. The van der Waals surface area contributed by atoms with Crippen LogP contribution in [0.2, 0.25) is 0 Å². The molecule has 0 aromatic heterocycles. The van der Waals surface area contributed by atoms with Crippen LogP contribution in [0.5, 0.6) is 5.75 Å². The molecule has 1 amide bonds. The molecule has 6 nitrogen and oxygen atoms in total. The third kappa shape index (κ3) is 4.34. The third-order valence-corrected chi connectivity index (χ3v) is 3.77. The van der Waals surface area contributed by atoms with E-state index in [1.165, 1.54) is 0 Å². The lowest BCUT2D eigenvalue weighted by Gasteiger charge is -2.30. The highest BCUT2D eigenvalue weighted by molar-refractivity contribution is 5.95. The minimum atomic E-state index is -0.0530. The third-order valence-electron chi connectivity index (χ3n) is 3.77. The van der Waals surface area contributed by atoms with Crippen molar-refractivity contribution in [2.45, 2.75) is 18.9 Å². The predicted molar refractivity (Wildman–Crippen MR) is 82.5 cm³/mol. The normalized spacial score (nSPS) is 16.7. The molecule has 1 aliphatic heterocycles. The van der Waals surface area contributed by atoms with Gasteiger partial charge < -0.3 is 20.5 Å². The first-order valence-corrected chi connectivity index (χ1v) is 7.11. The van der Waals surface area contributed by atoms with Crippen LogP contribution in [0.1, 0.15) is 12.8 Å². The van der Waals surface area contributed by atoms with E-state index in [1.807, 2.05) is 0 Å². The number of amides is 1. The molecule has 0 saturated carbocycles. The van der Waals surface area contributed by atoms with Gasteiger partial charge in [0, 0.05) is 26.3 Å². The molecule has 116 valence electrons. The number of ether oxygens (including phenoxy) is 2. The molecule has 0 atom stereocenters. The van der Waals surface area contributed by atoms with Gasteiger partial charge in [-0.05, 0) is 25.0 Å². The first-order valence-electron chi connectivity index (χ1n) is 7.11. The van der Waals surface area contributed by atoms with E-state index in [-0.39, 0.29) is 5.91 Å². The zero-order valence-corrected chi connectivity index (χ0v) is 12.6. The SMILES string of the molecule is COc1ccc(NC(=O)CN2CCC(OC)CC2)c(N)c1. The Morgan fingerprint density at radius 2 is 2.10 bits per heavy atom. The summed E-state index contributed by atoms with van der Waals surface area (Å²) in [4.78, 5) is 14.2. The van der Waals surface area contributed by atoms with Gasteiger partial charge in [-0.3, -0.25) is 9.69 Å². The molecule has 1 fully saturated rings. The van der Waals surface area contributed by atoms with Gasteiger partial charge in [-0.25, -0.2) is 0 Å². The Kier molecular flexibility index (Phi) is 5.41.